The lowest BCUT2D eigenvalue weighted by Crippen LogP contribution is -1.84. The number of hydrogen-bond donors (Lipinski definition) is 0. The third-order valence-electron chi connectivity index (χ3n) is 1.98. The molecule has 1 rings (SSSR count). The molecule has 0 saturated carbocycles. The molecule has 0 aromatic carbocycles. The highest BCUT2D eigenvalue weighted by Crippen LogP contribution is 2.13. The van der Waals surface area contributed by atoms with E-state index in [1.165, 1.54) is 19.3 Å². The van der Waals surface area contributed by atoms with Crippen LogP contribution in [0.25, 0.3) is 0 Å². The predicted octanol–water partition coefficient (Wildman–Crippen LogP) is 2.81. The first kappa shape index (κ1) is 10.1. The van der Waals surface area contributed by atoms with Crippen molar-refractivity contribution in [3.8, 4) is 5.95 Å². The van der Waals surface area contributed by atoms with Gasteiger partial charge in [0.05, 0.1) is 7.11 Å². The van der Waals surface area contributed by atoms with Crippen LogP contribution in [0.5, 0.6) is 5.95 Å². The molecule has 0 saturated heterocycles. The fourth-order valence-corrected chi connectivity index (χ4v) is 1.21. The zero-order chi connectivity index (χ0) is 9.52. The van der Waals surface area contributed by atoms with E-state index in [9.17, 15) is 0 Å². The Morgan fingerprint density at radius 3 is 2.85 bits per heavy atom. The molecule has 13 heavy (non-hydrogen) atoms. The van der Waals surface area contributed by atoms with Crippen LogP contribution in [-0.4, -0.2) is 12.1 Å². The first-order chi connectivity index (χ1) is 6.36. The molecule has 0 amide bonds. The number of hydrogen-bond acceptors (Lipinski definition) is 3. The van der Waals surface area contributed by atoms with Crippen LogP contribution in [0.1, 0.15) is 38.5 Å². The van der Waals surface area contributed by atoms with Crippen molar-refractivity contribution in [3.63, 3.8) is 0 Å². The van der Waals surface area contributed by atoms with Gasteiger partial charge in [-0.3, -0.25) is 0 Å². The Balaban J connectivity index is 2.20. The normalized spacial score (nSPS) is 10.3. The van der Waals surface area contributed by atoms with Gasteiger partial charge in [-0.1, -0.05) is 26.2 Å². The van der Waals surface area contributed by atoms with Crippen molar-refractivity contribution in [2.24, 2.45) is 0 Å². The average Bonchev–Trinajstić information content (AvgIpc) is 2.60. The van der Waals surface area contributed by atoms with Gasteiger partial charge in [-0.25, -0.2) is 4.98 Å². The van der Waals surface area contributed by atoms with Gasteiger partial charge in [0.15, 0.2) is 5.89 Å². The molecule has 1 aromatic rings. The van der Waals surface area contributed by atoms with E-state index in [2.05, 4.69) is 11.9 Å². The highest BCUT2D eigenvalue weighted by molar-refractivity contribution is 4.99. The number of unbranched alkanes of at least 4 members (excludes halogenated alkanes) is 3. The summed E-state index contributed by atoms with van der Waals surface area (Å²) in [6.45, 7) is 2.20. The molecule has 0 aliphatic carbocycles. The second-order valence-corrected chi connectivity index (χ2v) is 3.09. The van der Waals surface area contributed by atoms with Crippen molar-refractivity contribution in [2.45, 2.75) is 39.0 Å². The molecule has 0 fully saturated rings. The molecule has 1 aromatic heterocycles. The van der Waals surface area contributed by atoms with Gasteiger partial charge in [0.2, 0.25) is 0 Å². The van der Waals surface area contributed by atoms with E-state index >= 15 is 0 Å². The van der Waals surface area contributed by atoms with Crippen LogP contribution in [0.3, 0.4) is 0 Å². The summed E-state index contributed by atoms with van der Waals surface area (Å²) in [5, 5.41) is 0. The molecule has 0 radical (unpaired) electrons. The van der Waals surface area contributed by atoms with Crippen molar-refractivity contribution in [3.05, 3.63) is 12.1 Å². The minimum atomic E-state index is 0.505. The van der Waals surface area contributed by atoms with Crippen LogP contribution >= 0.6 is 0 Å². The van der Waals surface area contributed by atoms with E-state index in [0.717, 1.165) is 18.7 Å². The fraction of sp³-hybridized carbons (Fsp3) is 0.700. The number of ether oxygens (including phenoxy) is 1. The predicted molar refractivity (Wildman–Crippen MR) is 50.9 cm³/mol. The van der Waals surface area contributed by atoms with E-state index in [1.807, 2.05) is 0 Å². The van der Waals surface area contributed by atoms with Gasteiger partial charge >= 0.3 is 5.95 Å². The number of aryl methyl sites for hydroxylation is 1. The monoisotopic (exact) mass is 183 g/mol. The highest BCUT2D eigenvalue weighted by Gasteiger charge is 2.02. The Bertz CT molecular complexity index is 233. The Morgan fingerprint density at radius 1 is 1.38 bits per heavy atom. The SMILES string of the molecule is CCCCCCc1ncc(OC)o1. The number of methoxy groups -OCH3 is 1. The highest BCUT2D eigenvalue weighted by atomic mass is 16.6. The lowest BCUT2D eigenvalue weighted by molar-refractivity contribution is 0.292. The van der Waals surface area contributed by atoms with Crippen molar-refractivity contribution in [2.75, 3.05) is 7.11 Å². The molecule has 0 unspecified atom stereocenters. The largest absolute Gasteiger partial charge is 0.467 e. The molecule has 0 aliphatic heterocycles. The summed E-state index contributed by atoms with van der Waals surface area (Å²) >= 11 is 0. The number of aromatic nitrogens is 1. The van der Waals surface area contributed by atoms with Gasteiger partial charge in [-0.15, -0.1) is 0 Å². The van der Waals surface area contributed by atoms with E-state index < -0.39 is 0 Å². The molecule has 74 valence electrons. The fourth-order valence-electron chi connectivity index (χ4n) is 1.21. The molecule has 0 aliphatic rings. The first-order valence-electron chi connectivity index (χ1n) is 4.85. The number of nitrogens with zero attached hydrogens (tertiary/aromatic N) is 1. The van der Waals surface area contributed by atoms with Crippen LogP contribution in [0.2, 0.25) is 0 Å². The van der Waals surface area contributed by atoms with Crippen molar-refractivity contribution >= 4 is 0 Å². The lowest BCUT2D eigenvalue weighted by atomic mass is 10.1. The minimum Gasteiger partial charge on any atom is -0.467 e. The molecule has 0 atom stereocenters. The molecule has 3 heteroatoms. The maximum atomic E-state index is 5.28. The van der Waals surface area contributed by atoms with Crippen molar-refractivity contribution in [1.82, 2.24) is 4.98 Å². The second-order valence-electron chi connectivity index (χ2n) is 3.09. The summed E-state index contributed by atoms with van der Waals surface area (Å²) < 4.78 is 10.2. The topological polar surface area (TPSA) is 35.3 Å². The van der Waals surface area contributed by atoms with Crippen molar-refractivity contribution in [1.29, 1.82) is 0 Å². The Labute approximate surface area is 79.1 Å². The van der Waals surface area contributed by atoms with Crippen LogP contribution in [0.15, 0.2) is 10.6 Å². The van der Waals surface area contributed by atoms with Gasteiger partial charge in [-0.05, 0) is 6.42 Å². The van der Waals surface area contributed by atoms with Crippen LogP contribution < -0.4 is 4.74 Å². The molecule has 0 bridgehead atoms. The zero-order valence-electron chi connectivity index (χ0n) is 8.38. The summed E-state index contributed by atoms with van der Waals surface area (Å²) in [5.74, 6) is 1.29. The average molecular weight is 183 g/mol. The molecule has 0 spiro atoms. The molecule has 3 nitrogen and oxygen atoms in total. The summed E-state index contributed by atoms with van der Waals surface area (Å²) in [4.78, 5) is 4.09. The summed E-state index contributed by atoms with van der Waals surface area (Å²) in [5.41, 5.74) is 0. The second kappa shape index (κ2) is 5.62. The number of oxazole rings is 1. The Morgan fingerprint density at radius 2 is 2.23 bits per heavy atom. The summed E-state index contributed by atoms with van der Waals surface area (Å²) in [6, 6.07) is 0. The molecule has 1 heterocycles. The van der Waals surface area contributed by atoms with Crippen LogP contribution in [0.4, 0.5) is 0 Å². The Kier molecular flexibility index (Phi) is 4.36. The standard InChI is InChI=1S/C10H17NO2/c1-3-4-5-6-7-9-11-8-10(12-2)13-9/h8H,3-7H2,1-2H3. The van der Waals surface area contributed by atoms with Crippen LogP contribution in [0, 0.1) is 0 Å². The van der Waals surface area contributed by atoms with Gasteiger partial charge in [0.1, 0.15) is 6.20 Å². The van der Waals surface area contributed by atoms with Gasteiger partial charge in [0, 0.05) is 6.42 Å². The molecular formula is C10H17NO2. The molecule has 0 N–H and O–H groups in total. The quantitative estimate of drug-likeness (QED) is 0.636. The zero-order valence-corrected chi connectivity index (χ0v) is 8.38. The third-order valence-corrected chi connectivity index (χ3v) is 1.98. The third kappa shape index (κ3) is 3.49. The maximum Gasteiger partial charge on any atom is 0.304 e. The first-order valence-corrected chi connectivity index (χ1v) is 4.85. The van der Waals surface area contributed by atoms with Gasteiger partial charge in [0.25, 0.3) is 0 Å². The van der Waals surface area contributed by atoms with Gasteiger partial charge in [-0.2, -0.15) is 0 Å². The van der Waals surface area contributed by atoms with Crippen LogP contribution in [-0.2, 0) is 6.42 Å². The Hall–Kier alpha value is -0.990. The summed E-state index contributed by atoms with van der Waals surface area (Å²) in [7, 11) is 1.58. The minimum absolute atomic E-state index is 0.505. The number of rotatable bonds is 6. The van der Waals surface area contributed by atoms with E-state index in [4.69, 9.17) is 9.15 Å². The van der Waals surface area contributed by atoms with Crippen molar-refractivity contribution < 1.29 is 9.15 Å². The van der Waals surface area contributed by atoms with E-state index in [-0.39, 0.29) is 0 Å². The van der Waals surface area contributed by atoms with Gasteiger partial charge < -0.3 is 9.15 Å². The maximum absolute atomic E-state index is 5.28. The smallest absolute Gasteiger partial charge is 0.304 e. The van der Waals surface area contributed by atoms with E-state index in [1.54, 1.807) is 13.3 Å². The summed E-state index contributed by atoms with van der Waals surface area (Å²) in [6.07, 6.45) is 7.49. The van der Waals surface area contributed by atoms with E-state index in [0.29, 0.717) is 5.95 Å². The molecular weight excluding hydrogens is 166 g/mol. The lowest BCUT2D eigenvalue weighted by Gasteiger charge is -1.95.